The van der Waals surface area contributed by atoms with E-state index in [1.54, 1.807) is 12.1 Å². The maximum atomic E-state index is 13.2. The zero-order valence-electron chi connectivity index (χ0n) is 12.7. The smallest absolute Gasteiger partial charge is 0.228 e. The molecule has 1 saturated carbocycles. The van der Waals surface area contributed by atoms with Gasteiger partial charge in [-0.25, -0.2) is 4.39 Å². The number of hydrogen-bond acceptors (Lipinski definition) is 2. The minimum Gasteiger partial charge on any atom is -0.326 e. The molecule has 0 aromatic heterocycles. The number of nitrogens with zero attached hydrogens (tertiary/aromatic N) is 1. The van der Waals surface area contributed by atoms with E-state index in [9.17, 15) is 9.18 Å². The van der Waals surface area contributed by atoms with E-state index in [-0.39, 0.29) is 17.6 Å². The van der Waals surface area contributed by atoms with Crippen molar-refractivity contribution < 1.29 is 9.18 Å². The third-order valence-corrected chi connectivity index (χ3v) is 4.99. The van der Waals surface area contributed by atoms with Crippen molar-refractivity contribution in [1.29, 1.82) is 0 Å². The molecule has 3 rings (SSSR count). The van der Waals surface area contributed by atoms with Crippen molar-refractivity contribution in [3.05, 3.63) is 30.1 Å². The summed E-state index contributed by atoms with van der Waals surface area (Å²) in [5.74, 6) is 0.726. The standard InChI is InChI=1S/C17H23FN2O/c1-11(2)20-9-12-6-7-13(10-20)16(12)17(21)19-15-5-3-4-14(18)8-15/h3-5,8,11-13,16H,6-7,9-10H2,1-2H3,(H,19,21). The Balaban J connectivity index is 1.69. The number of carbonyl (C=O) groups excluding carboxylic acids is 1. The molecule has 21 heavy (non-hydrogen) atoms. The minimum absolute atomic E-state index is 0.0662. The third kappa shape index (κ3) is 2.95. The van der Waals surface area contributed by atoms with Gasteiger partial charge in [0.05, 0.1) is 0 Å². The molecule has 2 bridgehead atoms. The van der Waals surface area contributed by atoms with Crippen molar-refractivity contribution >= 4 is 11.6 Å². The highest BCUT2D eigenvalue weighted by Gasteiger charge is 2.46. The first-order chi connectivity index (χ1) is 10.0. The van der Waals surface area contributed by atoms with E-state index in [2.05, 4.69) is 24.1 Å². The Morgan fingerprint density at radius 2 is 1.95 bits per heavy atom. The van der Waals surface area contributed by atoms with E-state index < -0.39 is 0 Å². The monoisotopic (exact) mass is 290 g/mol. The van der Waals surface area contributed by atoms with Gasteiger partial charge in [-0.3, -0.25) is 4.79 Å². The summed E-state index contributed by atoms with van der Waals surface area (Å²) >= 11 is 0. The summed E-state index contributed by atoms with van der Waals surface area (Å²) in [7, 11) is 0. The number of carbonyl (C=O) groups is 1. The Morgan fingerprint density at radius 1 is 1.29 bits per heavy atom. The highest BCUT2D eigenvalue weighted by molar-refractivity contribution is 5.93. The van der Waals surface area contributed by atoms with Crippen LogP contribution in [0.1, 0.15) is 26.7 Å². The van der Waals surface area contributed by atoms with E-state index in [1.807, 2.05) is 0 Å². The van der Waals surface area contributed by atoms with Gasteiger partial charge in [0.25, 0.3) is 0 Å². The maximum absolute atomic E-state index is 13.2. The van der Waals surface area contributed by atoms with Gasteiger partial charge < -0.3 is 10.2 Å². The van der Waals surface area contributed by atoms with E-state index in [4.69, 9.17) is 0 Å². The van der Waals surface area contributed by atoms with Gasteiger partial charge in [-0.05, 0) is 56.7 Å². The molecular formula is C17H23FN2O. The maximum Gasteiger partial charge on any atom is 0.228 e. The molecule has 1 aliphatic carbocycles. The lowest BCUT2D eigenvalue weighted by molar-refractivity contribution is -0.124. The fraction of sp³-hybridized carbons (Fsp3) is 0.588. The summed E-state index contributed by atoms with van der Waals surface area (Å²) in [5.41, 5.74) is 0.561. The van der Waals surface area contributed by atoms with Crippen molar-refractivity contribution in [2.45, 2.75) is 32.7 Å². The van der Waals surface area contributed by atoms with Gasteiger partial charge in [0.15, 0.2) is 0 Å². The van der Waals surface area contributed by atoms with E-state index in [0.717, 1.165) is 25.9 Å². The number of amides is 1. The topological polar surface area (TPSA) is 32.3 Å². The molecule has 3 nitrogen and oxygen atoms in total. The van der Waals surface area contributed by atoms with Gasteiger partial charge in [-0.1, -0.05) is 6.07 Å². The second kappa shape index (κ2) is 5.76. The Labute approximate surface area is 125 Å². The molecule has 1 N–H and O–H groups in total. The average Bonchev–Trinajstić information content (AvgIpc) is 2.69. The molecule has 1 aromatic carbocycles. The molecule has 2 aliphatic rings. The molecule has 2 atom stereocenters. The number of nitrogens with one attached hydrogen (secondary N) is 1. The molecular weight excluding hydrogens is 267 g/mol. The molecule has 1 heterocycles. The molecule has 1 amide bonds. The summed E-state index contributed by atoms with van der Waals surface area (Å²) in [6.07, 6.45) is 2.27. The Morgan fingerprint density at radius 3 is 2.52 bits per heavy atom. The first-order valence-electron chi connectivity index (χ1n) is 7.85. The number of likely N-dealkylation sites (tertiary alicyclic amines) is 1. The Hall–Kier alpha value is -1.42. The SMILES string of the molecule is CC(C)N1CC2CCC(C1)C2C(=O)Nc1cccc(F)c1. The second-order valence-electron chi connectivity index (χ2n) is 6.67. The summed E-state index contributed by atoms with van der Waals surface area (Å²) in [6, 6.07) is 6.68. The predicted octanol–water partition coefficient (Wildman–Crippen LogP) is 3.13. The van der Waals surface area contributed by atoms with Crippen molar-refractivity contribution in [1.82, 2.24) is 4.90 Å². The highest BCUT2D eigenvalue weighted by atomic mass is 19.1. The molecule has 2 unspecified atom stereocenters. The molecule has 1 aromatic rings. The molecule has 0 spiro atoms. The van der Waals surface area contributed by atoms with Crippen LogP contribution >= 0.6 is 0 Å². The zero-order valence-corrected chi connectivity index (χ0v) is 12.7. The fourth-order valence-corrected chi connectivity index (χ4v) is 3.90. The first kappa shape index (κ1) is 14.5. The van der Waals surface area contributed by atoms with Gasteiger partial charge in [0, 0.05) is 30.7 Å². The van der Waals surface area contributed by atoms with Gasteiger partial charge in [0.1, 0.15) is 5.82 Å². The van der Waals surface area contributed by atoms with Gasteiger partial charge in [-0.15, -0.1) is 0 Å². The molecule has 4 heteroatoms. The number of hydrogen-bond donors (Lipinski definition) is 1. The zero-order chi connectivity index (χ0) is 15.0. The van der Waals surface area contributed by atoms with E-state index in [1.165, 1.54) is 12.1 Å². The van der Waals surface area contributed by atoms with Crippen LogP contribution in [0, 0.1) is 23.6 Å². The summed E-state index contributed by atoms with van der Waals surface area (Å²) in [5, 5.41) is 2.90. The van der Waals surface area contributed by atoms with E-state index in [0.29, 0.717) is 23.6 Å². The number of benzene rings is 1. The quantitative estimate of drug-likeness (QED) is 0.927. The van der Waals surface area contributed by atoms with Gasteiger partial charge in [0.2, 0.25) is 5.91 Å². The van der Waals surface area contributed by atoms with Crippen molar-refractivity contribution in [2.75, 3.05) is 18.4 Å². The predicted molar refractivity (Wildman–Crippen MR) is 81.4 cm³/mol. The summed E-state index contributed by atoms with van der Waals surface area (Å²) in [4.78, 5) is 15.0. The first-order valence-corrected chi connectivity index (χ1v) is 7.85. The van der Waals surface area contributed by atoms with Crippen LogP contribution in [0.4, 0.5) is 10.1 Å². The average molecular weight is 290 g/mol. The van der Waals surface area contributed by atoms with Gasteiger partial charge >= 0.3 is 0 Å². The molecule has 0 radical (unpaired) electrons. The molecule has 1 aliphatic heterocycles. The van der Waals surface area contributed by atoms with Crippen LogP contribution in [0.5, 0.6) is 0 Å². The fourth-order valence-electron chi connectivity index (χ4n) is 3.90. The van der Waals surface area contributed by atoms with Crippen LogP contribution in [0.2, 0.25) is 0 Å². The lowest BCUT2D eigenvalue weighted by Gasteiger charge is -2.39. The lowest BCUT2D eigenvalue weighted by Crippen LogP contribution is -2.48. The normalized spacial score (nSPS) is 28.9. The van der Waals surface area contributed by atoms with Crippen molar-refractivity contribution in [3.8, 4) is 0 Å². The van der Waals surface area contributed by atoms with Crippen LogP contribution in [-0.2, 0) is 4.79 Å². The molecule has 114 valence electrons. The van der Waals surface area contributed by atoms with Gasteiger partial charge in [-0.2, -0.15) is 0 Å². The van der Waals surface area contributed by atoms with Crippen molar-refractivity contribution in [2.24, 2.45) is 17.8 Å². The Bertz CT molecular complexity index is 517. The van der Waals surface area contributed by atoms with Crippen LogP contribution in [-0.4, -0.2) is 29.9 Å². The molecule has 2 fully saturated rings. The highest BCUT2D eigenvalue weighted by Crippen LogP contribution is 2.43. The van der Waals surface area contributed by atoms with Crippen LogP contribution < -0.4 is 5.32 Å². The number of piperidine rings is 1. The van der Waals surface area contributed by atoms with Crippen LogP contribution in [0.3, 0.4) is 0 Å². The summed E-state index contributed by atoms with van der Waals surface area (Å²) < 4.78 is 13.2. The number of halogens is 1. The van der Waals surface area contributed by atoms with Crippen LogP contribution in [0.15, 0.2) is 24.3 Å². The van der Waals surface area contributed by atoms with Crippen LogP contribution in [0.25, 0.3) is 0 Å². The largest absolute Gasteiger partial charge is 0.326 e. The summed E-state index contributed by atoms with van der Waals surface area (Å²) in [6.45, 7) is 6.45. The third-order valence-electron chi connectivity index (χ3n) is 4.99. The lowest BCUT2D eigenvalue weighted by atomic mass is 9.84. The Kier molecular flexibility index (Phi) is 3.98. The number of rotatable bonds is 3. The molecule has 1 saturated heterocycles. The van der Waals surface area contributed by atoms with Crippen molar-refractivity contribution in [3.63, 3.8) is 0 Å². The van der Waals surface area contributed by atoms with E-state index >= 15 is 0 Å². The number of fused-ring (bicyclic) bond motifs is 2. The minimum atomic E-state index is -0.314. The number of anilines is 1. The second-order valence-corrected chi connectivity index (χ2v) is 6.67.